The molecule has 0 saturated heterocycles. The average Bonchev–Trinajstić information content (AvgIpc) is 3.50. The van der Waals surface area contributed by atoms with Gasteiger partial charge in [0.1, 0.15) is 0 Å². The van der Waals surface area contributed by atoms with Crippen LogP contribution in [0.3, 0.4) is 0 Å². The maximum Gasteiger partial charge on any atom is 0.185 e. The number of hydrogen-bond donors (Lipinski definition) is 0. The molecule has 3 nitrogen and oxygen atoms in total. The summed E-state index contributed by atoms with van der Waals surface area (Å²) >= 11 is 0. The molecule has 4 aromatic rings. The fourth-order valence-corrected chi connectivity index (χ4v) is 7.77. The van der Waals surface area contributed by atoms with Crippen LogP contribution in [0.2, 0.25) is 0 Å². The van der Waals surface area contributed by atoms with Gasteiger partial charge in [0.2, 0.25) is 0 Å². The van der Waals surface area contributed by atoms with Gasteiger partial charge in [0, 0.05) is 58.8 Å². The number of carbonyl (C=O) groups is 1. The molecule has 0 amide bonds. The molecule has 0 radical (unpaired) electrons. The summed E-state index contributed by atoms with van der Waals surface area (Å²) in [6, 6.07) is 26.1. The highest BCUT2D eigenvalue weighted by molar-refractivity contribution is 6.11. The number of fused-ring (bicyclic) bond motifs is 6. The summed E-state index contributed by atoms with van der Waals surface area (Å²) in [6.45, 7) is 9.17. The van der Waals surface area contributed by atoms with Gasteiger partial charge < -0.3 is 9.80 Å². The number of carbonyl (C=O) groups excluding carboxylic acids is 1. The summed E-state index contributed by atoms with van der Waals surface area (Å²) < 4.78 is 0. The molecular formula is C39H38N2O. The van der Waals surface area contributed by atoms with E-state index in [1.54, 1.807) is 0 Å². The molecule has 0 spiro atoms. The number of ketones is 1. The van der Waals surface area contributed by atoms with Crippen molar-refractivity contribution in [1.82, 2.24) is 0 Å². The van der Waals surface area contributed by atoms with Crippen molar-refractivity contribution in [2.75, 3.05) is 23.9 Å². The Labute approximate surface area is 249 Å². The second-order valence-electron chi connectivity index (χ2n) is 13.0. The minimum absolute atomic E-state index is 0.162. The number of likely N-dealkylation sites (N-methyl/N-ethyl adjacent to an activating group) is 2. The average molecular weight is 551 g/mol. The Morgan fingerprint density at radius 2 is 0.976 bits per heavy atom. The van der Waals surface area contributed by atoms with E-state index in [-0.39, 0.29) is 16.6 Å². The Kier molecular flexibility index (Phi) is 5.89. The van der Waals surface area contributed by atoms with Crippen LogP contribution in [0.15, 0.2) is 120 Å². The van der Waals surface area contributed by atoms with Crippen LogP contribution in [0.1, 0.15) is 51.7 Å². The number of benzene rings is 4. The second kappa shape index (κ2) is 9.32. The van der Waals surface area contributed by atoms with Gasteiger partial charge >= 0.3 is 0 Å². The van der Waals surface area contributed by atoms with E-state index in [1.807, 2.05) is 0 Å². The first-order chi connectivity index (χ1) is 20.1. The van der Waals surface area contributed by atoms with Crippen LogP contribution in [0, 0.1) is 0 Å². The number of allylic oxidation sites excluding steroid dienone is 8. The summed E-state index contributed by atoms with van der Waals surface area (Å²) in [7, 11) is 4.28. The maximum absolute atomic E-state index is 13.6. The van der Waals surface area contributed by atoms with Gasteiger partial charge in [-0.2, -0.15) is 0 Å². The summed E-state index contributed by atoms with van der Waals surface area (Å²) in [6.07, 6.45) is 10.1. The smallest absolute Gasteiger partial charge is 0.185 e. The van der Waals surface area contributed by atoms with Crippen LogP contribution in [-0.2, 0) is 15.6 Å². The van der Waals surface area contributed by atoms with Crippen LogP contribution < -0.4 is 9.80 Å². The highest BCUT2D eigenvalue weighted by atomic mass is 16.1. The van der Waals surface area contributed by atoms with Gasteiger partial charge in [0.25, 0.3) is 0 Å². The third-order valence-corrected chi connectivity index (χ3v) is 9.92. The molecule has 1 aliphatic carbocycles. The van der Waals surface area contributed by atoms with E-state index in [4.69, 9.17) is 0 Å². The van der Waals surface area contributed by atoms with Crippen molar-refractivity contribution >= 4 is 38.7 Å². The Balaban J connectivity index is 1.19. The Morgan fingerprint density at radius 3 is 1.40 bits per heavy atom. The highest BCUT2D eigenvalue weighted by Gasteiger charge is 2.41. The molecule has 1 saturated carbocycles. The normalized spacial score (nSPS) is 22.9. The van der Waals surface area contributed by atoms with Crippen molar-refractivity contribution in [1.29, 1.82) is 0 Å². The van der Waals surface area contributed by atoms with Gasteiger partial charge in [-0.3, -0.25) is 4.79 Å². The minimum atomic E-state index is -0.162. The zero-order chi connectivity index (χ0) is 29.4. The van der Waals surface area contributed by atoms with Crippen molar-refractivity contribution in [2.45, 2.75) is 51.4 Å². The molecule has 2 aliphatic heterocycles. The van der Waals surface area contributed by atoms with Crippen LogP contribution in [0.4, 0.5) is 11.4 Å². The standard InChI is InChI=1S/C39H38N2O/c1-38(2)33(40(5)31-21-17-25-11-7-9-13-29(25)35(31)38)23-19-27-15-16-28(37(27)42)20-24-34-39(3,4)36-30-14-10-8-12-26(30)18-22-32(36)41(34)6/h7-14,17-24H,15-16H2,1-6H3/b27-19+,28-20+,33-23+,34-24+. The van der Waals surface area contributed by atoms with E-state index in [9.17, 15) is 4.79 Å². The second-order valence-corrected chi connectivity index (χ2v) is 13.0. The number of nitrogens with zero attached hydrogens (tertiary/aromatic N) is 2. The van der Waals surface area contributed by atoms with Crippen LogP contribution >= 0.6 is 0 Å². The molecule has 1 fully saturated rings. The van der Waals surface area contributed by atoms with Gasteiger partial charge in [-0.25, -0.2) is 0 Å². The Morgan fingerprint density at radius 1 is 0.571 bits per heavy atom. The van der Waals surface area contributed by atoms with E-state index < -0.39 is 0 Å². The maximum atomic E-state index is 13.6. The van der Waals surface area contributed by atoms with Crippen molar-refractivity contribution in [3.63, 3.8) is 0 Å². The monoisotopic (exact) mass is 550 g/mol. The summed E-state index contributed by atoms with van der Waals surface area (Å²) in [5, 5.41) is 5.13. The molecule has 42 heavy (non-hydrogen) atoms. The van der Waals surface area contributed by atoms with Gasteiger partial charge in [0.15, 0.2) is 5.78 Å². The number of Topliss-reactive ketones (excluding diaryl/α,β-unsaturated/α-hetero) is 1. The van der Waals surface area contributed by atoms with Crippen LogP contribution in [-0.4, -0.2) is 19.9 Å². The number of hydrogen-bond acceptors (Lipinski definition) is 3. The van der Waals surface area contributed by atoms with Crippen molar-refractivity contribution in [3.8, 4) is 0 Å². The van der Waals surface area contributed by atoms with Crippen molar-refractivity contribution in [2.24, 2.45) is 0 Å². The summed E-state index contributed by atoms with van der Waals surface area (Å²) in [4.78, 5) is 18.1. The highest BCUT2D eigenvalue weighted by Crippen LogP contribution is 2.51. The Hall–Kier alpha value is -4.37. The molecule has 0 aromatic heterocycles. The predicted molar refractivity (Wildman–Crippen MR) is 177 cm³/mol. The summed E-state index contributed by atoms with van der Waals surface area (Å²) in [5.74, 6) is 0.173. The van der Waals surface area contributed by atoms with Crippen LogP contribution in [0.5, 0.6) is 0 Å². The lowest BCUT2D eigenvalue weighted by atomic mass is 9.81. The minimum Gasteiger partial charge on any atom is -0.347 e. The SMILES string of the molecule is CN1/C(=C/C=C2\CC/C(=C\C=C3\N(C)c4ccc5ccccc5c4C3(C)C)C2=O)C(C)(C)c2c1ccc1ccccc21. The number of rotatable bonds is 2. The lowest BCUT2D eigenvalue weighted by molar-refractivity contribution is -0.111. The van der Waals surface area contributed by atoms with E-state index in [0.717, 1.165) is 24.0 Å². The fraction of sp³-hybridized carbons (Fsp3) is 0.256. The first-order valence-corrected chi connectivity index (χ1v) is 15.0. The molecule has 0 bridgehead atoms. The molecule has 3 heteroatoms. The molecule has 0 atom stereocenters. The molecule has 7 rings (SSSR count). The molecule has 0 unspecified atom stereocenters. The fourth-order valence-electron chi connectivity index (χ4n) is 7.77. The third-order valence-electron chi connectivity index (χ3n) is 9.92. The quantitative estimate of drug-likeness (QED) is 0.233. The number of anilines is 2. The van der Waals surface area contributed by atoms with Crippen molar-refractivity contribution in [3.05, 3.63) is 131 Å². The predicted octanol–water partition coefficient (Wildman–Crippen LogP) is 9.13. The van der Waals surface area contributed by atoms with Gasteiger partial charge in [-0.1, -0.05) is 101 Å². The molecular weight excluding hydrogens is 512 g/mol. The van der Waals surface area contributed by atoms with Crippen LogP contribution in [0.25, 0.3) is 21.5 Å². The topological polar surface area (TPSA) is 23.6 Å². The molecule has 4 aromatic carbocycles. The van der Waals surface area contributed by atoms with E-state index in [1.165, 1.54) is 55.4 Å². The molecule has 3 aliphatic rings. The van der Waals surface area contributed by atoms with Gasteiger partial charge in [-0.05, 0) is 69.8 Å². The largest absolute Gasteiger partial charge is 0.347 e. The van der Waals surface area contributed by atoms with Gasteiger partial charge in [-0.15, -0.1) is 0 Å². The molecule has 2 heterocycles. The first-order valence-electron chi connectivity index (χ1n) is 15.0. The van der Waals surface area contributed by atoms with Gasteiger partial charge in [0.05, 0.1) is 0 Å². The lowest BCUT2D eigenvalue weighted by Gasteiger charge is -2.24. The zero-order valence-electron chi connectivity index (χ0n) is 25.5. The van der Waals surface area contributed by atoms with E-state index >= 15 is 0 Å². The molecule has 0 N–H and O–H groups in total. The molecule has 210 valence electrons. The van der Waals surface area contributed by atoms with E-state index in [0.29, 0.717) is 0 Å². The first kappa shape index (κ1) is 26.5. The van der Waals surface area contributed by atoms with E-state index in [2.05, 4.69) is 149 Å². The van der Waals surface area contributed by atoms with Crippen molar-refractivity contribution < 1.29 is 4.79 Å². The Bertz CT molecular complexity index is 1790. The lowest BCUT2D eigenvalue weighted by Crippen LogP contribution is -2.22. The zero-order valence-corrected chi connectivity index (χ0v) is 25.5. The third kappa shape index (κ3) is 3.76. The summed E-state index contributed by atoms with van der Waals surface area (Å²) in [5.41, 5.74) is 9.09.